The third kappa shape index (κ3) is 5.88. The molecule has 8 heterocycles. The smallest absolute Gasteiger partial charge is 0.201 e. The van der Waals surface area contributed by atoms with Gasteiger partial charge in [0.1, 0.15) is 0 Å². The number of ether oxygens (including phenoxy) is 6. The van der Waals surface area contributed by atoms with Gasteiger partial charge in [0, 0.05) is 37.9 Å². The van der Waals surface area contributed by atoms with Crippen LogP contribution in [-0.4, -0.2) is 60.8 Å². The molecular formula is C42H62O10. The molecule has 4 bridgehead atoms. The van der Waals surface area contributed by atoms with Crippen LogP contribution in [-0.2, 0) is 61.2 Å². The molecule has 52 heavy (non-hydrogen) atoms. The fourth-order valence-electron chi connectivity index (χ4n) is 12.2. The molecule has 16 atom stereocenters. The molecule has 0 N–H and O–H groups in total. The Labute approximate surface area is 310 Å². The molecule has 1 aromatic rings. The average Bonchev–Trinajstić information content (AvgIpc) is 3.51. The molecule has 290 valence electrons. The van der Waals surface area contributed by atoms with Crippen LogP contribution in [0.1, 0.15) is 117 Å². The molecular weight excluding hydrogens is 664 g/mol. The highest BCUT2D eigenvalue weighted by atomic mass is 17.3. The number of benzene rings is 1. The van der Waals surface area contributed by atoms with Gasteiger partial charge in [0.15, 0.2) is 23.8 Å². The van der Waals surface area contributed by atoms with Gasteiger partial charge >= 0.3 is 0 Å². The van der Waals surface area contributed by atoms with Crippen molar-refractivity contribution < 1.29 is 48.0 Å². The highest BCUT2D eigenvalue weighted by Gasteiger charge is 2.70. The molecule has 10 nitrogen and oxygen atoms in total. The minimum absolute atomic E-state index is 0.0440. The Kier molecular flexibility index (Phi) is 9.66. The van der Waals surface area contributed by atoms with Crippen LogP contribution in [0.4, 0.5) is 0 Å². The van der Waals surface area contributed by atoms with E-state index in [1.54, 1.807) is 0 Å². The lowest BCUT2D eigenvalue weighted by Crippen LogP contribution is -2.70. The van der Waals surface area contributed by atoms with Crippen LogP contribution in [0.2, 0.25) is 0 Å². The number of rotatable bonds is 10. The van der Waals surface area contributed by atoms with Crippen LogP contribution in [0.25, 0.3) is 0 Å². The van der Waals surface area contributed by atoms with E-state index in [1.165, 1.54) is 12.8 Å². The van der Waals surface area contributed by atoms with Crippen LogP contribution in [0.15, 0.2) is 24.3 Å². The quantitative estimate of drug-likeness (QED) is 0.175. The third-order valence-electron chi connectivity index (χ3n) is 15.3. The molecule has 1 aromatic carbocycles. The summed E-state index contributed by atoms with van der Waals surface area (Å²) in [5, 5.41) is 0. The van der Waals surface area contributed by atoms with E-state index in [0.29, 0.717) is 73.8 Å². The highest BCUT2D eigenvalue weighted by molar-refractivity contribution is 5.26. The van der Waals surface area contributed by atoms with E-state index in [0.717, 1.165) is 62.5 Å². The van der Waals surface area contributed by atoms with E-state index in [9.17, 15) is 0 Å². The van der Waals surface area contributed by atoms with E-state index in [2.05, 4.69) is 52.0 Å². The van der Waals surface area contributed by atoms with Crippen molar-refractivity contribution in [2.75, 3.05) is 13.2 Å². The molecule has 11 rings (SSSR count). The molecule has 0 unspecified atom stereocenters. The molecule has 0 amide bonds. The van der Waals surface area contributed by atoms with Gasteiger partial charge in [-0.15, -0.1) is 0 Å². The number of fused-ring (bicyclic) bond motifs is 4. The fraction of sp³-hybridized carbons (Fsp3) is 0.857. The topological polar surface area (TPSA) is 92.3 Å². The van der Waals surface area contributed by atoms with E-state index >= 15 is 0 Å². The Hall–Kier alpha value is -1.18. The van der Waals surface area contributed by atoms with Gasteiger partial charge in [-0.3, -0.25) is 0 Å². The summed E-state index contributed by atoms with van der Waals surface area (Å²) in [4.78, 5) is 24.6. The minimum atomic E-state index is -0.751. The van der Waals surface area contributed by atoms with Crippen molar-refractivity contribution in [3.05, 3.63) is 35.4 Å². The first kappa shape index (κ1) is 36.5. The normalized spacial score (nSPS) is 50.6. The maximum absolute atomic E-state index is 6.78. The predicted molar refractivity (Wildman–Crippen MR) is 189 cm³/mol. The zero-order chi connectivity index (χ0) is 35.9. The molecule has 8 saturated heterocycles. The summed E-state index contributed by atoms with van der Waals surface area (Å²) >= 11 is 0. The van der Waals surface area contributed by atoms with Gasteiger partial charge in [-0.1, -0.05) is 52.0 Å². The van der Waals surface area contributed by atoms with Crippen LogP contribution in [0.3, 0.4) is 0 Å². The first-order valence-electron chi connectivity index (χ1n) is 20.7. The molecule has 2 spiro atoms. The van der Waals surface area contributed by atoms with Crippen molar-refractivity contribution in [3.8, 4) is 0 Å². The fourth-order valence-corrected chi connectivity index (χ4v) is 12.2. The Bertz CT molecular complexity index is 1340. The van der Waals surface area contributed by atoms with Gasteiger partial charge in [-0.25, -0.2) is 19.6 Å². The van der Waals surface area contributed by atoms with Gasteiger partial charge in [0.2, 0.25) is 11.6 Å². The molecule has 0 aromatic heterocycles. The zero-order valence-electron chi connectivity index (χ0n) is 32.2. The monoisotopic (exact) mass is 726 g/mol. The van der Waals surface area contributed by atoms with Crippen LogP contribution in [0.5, 0.6) is 0 Å². The lowest BCUT2D eigenvalue weighted by atomic mass is 9.57. The summed E-state index contributed by atoms with van der Waals surface area (Å²) in [6.07, 6.45) is 9.29. The number of hydrogen-bond acceptors (Lipinski definition) is 10. The Morgan fingerprint density at radius 3 is 1.46 bits per heavy atom. The Morgan fingerprint density at radius 1 is 0.577 bits per heavy atom. The Morgan fingerprint density at radius 2 is 1.02 bits per heavy atom. The molecule has 0 radical (unpaired) electrons. The second-order valence-electron chi connectivity index (χ2n) is 18.3. The number of hydrogen-bond donors (Lipinski definition) is 0. The van der Waals surface area contributed by atoms with E-state index in [4.69, 9.17) is 48.0 Å². The van der Waals surface area contributed by atoms with Crippen molar-refractivity contribution in [3.63, 3.8) is 0 Å². The summed E-state index contributed by atoms with van der Waals surface area (Å²) in [6.45, 7) is 15.6. The zero-order valence-corrected chi connectivity index (χ0v) is 32.2. The summed E-state index contributed by atoms with van der Waals surface area (Å²) in [5.74, 6) is 1.70. The lowest BCUT2D eigenvalue weighted by molar-refractivity contribution is -0.571. The molecule has 10 fully saturated rings. The second-order valence-corrected chi connectivity index (χ2v) is 18.3. The lowest BCUT2D eigenvalue weighted by Gasteiger charge is -2.60. The predicted octanol–water partition coefficient (Wildman–Crippen LogP) is 8.00. The first-order valence-corrected chi connectivity index (χ1v) is 20.7. The molecule has 10 aliphatic rings. The Balaban J connectivity index is 0.777. The largest absolute Gasteiger partial charge is 0.377 e. The van der Waals surface area contributed by atoms with Crippen molar-refractivity contribution in [1.82, 2.24) is 0 Å². The maximum Gasteiger partial charge on any atom is 0.201 e. The summed E-state index contributed by atoms with van der Waals surface area (Å²) in [7, 11) is 0. The SMILES string of the molecule is C[C@H]1[C@@H](CCOCc2ccccc2COCC[C@H]2O[C@@H]3O[C@]4(C)CC[C@H]5[C@H](C)CC[C@@H]([C@H]2C)[C@@]35OO4)O[C@@H]2O[C@]3(C)CC[C@H]4[C@H](C)CC[C@@H]1[C@@]24OO3. The van der Waals surface area contributed by atoms with Crippen molar-refractivity contribution in [2.45, 2.75) is 167 Å². The maximum atomic E-state index is 6.78. The third-order valence-corrected chi connectivity index (χ3v) is 15.3. The van der Waals surface area contributed by atoms with Crippen molar-refractivity contribution >= 4 is 0 Å². The van der Waals surface area contributed by atoms with Crippen LogP contribution >= 0.6 is 0 Å². The second kappa shape index (κ2) is 13.8. The summed E-state index contributed by atoms with van der Waals surface area (Å²) in [6, 6.07) is 8.45. The van der Waals surface area contributed by atoms with E-state index in [-0.39, 0.29) is 12.2 Å². The highest BCUT2D eigenvalue weighted by Crippen LogP contribution is 2.62. The van der Waals surface area contributed by atoms with Gasteiger partial charge in [0.25, 0.3) is 0 Å². The summed E-state index contributed by atoms with van der Waals surface area (Å²) < 4.78 is 39.3. The van der Waals surface area contributed by atoms with E-state index < -0.39 is 35.4 Å². The van der Waals surface area contributed by atoms with Gasteiger partial charge in [0.05, 0.1) is 25.4 Å². The standard InChI is InChI=1S/C42H62O10/c1-25-11-13-33-27(3)35(45-37-41(33)31(25)15-19-39(5,47-37)49-51-41)17-21-43-23-29-9-7-8-10-30(29)24-44-22-18-36-28(4)34-14-12-26(2)32-16-20-40(6)48-38(46-36)42(32,34)52-50-40/h7-10,25-28,31-38H,11-24H2,1-6H3/t25-,26-,27-,28-,31+,32+,33+,34+,35-,36-,37-,38-,39+,40+,41-,42-/m1/s1. The molecule has 8 aliphatic heterocycles. The molecule has 2 saturated carbocycles. The molecule has 2 aliphatic carbocycles. The van der Waals surface area contributed by atoms with E-state index in [1.807, 2.05) is 13.8 Å². The van der Waals surface area contributed by atoms with Gasteiger partial charge < -0.3 is 28.4 Å². The summed E-state index contributed by atoms with van der Waals surface area (Å²) in [5.41, 5.74) is 1.28. The van der Waals surface area contributed by atoms with Crippen LogP contribution in [0, 0.1) is 47.3 Å². The minimum Gasteiger partial charge on any atom is -0.377 e. The van der Waals surface area contributed by atoms with Crippen LogP contribution < -0.4 is 0 Å². The first-order chi connectivity index (χ1) is 25.1. The van der Waals surface area contributed by atoms with Crippen molar-refractivity contribution in [2.24, 2.45) is 47.3 Å². The van der Waals surface area contributed by atoms with Gasteiger partial charge in [-0.2, -0.15) is 0 Å². The van der Waals surface area contributed by atoms with Crippen molar-refractivity contribution in [1.29, 1.82) is 0 Å². The molecule has 10 heteroatoms. The van der Waals surface area contributed by atoms with Gasteiger partial charge in [-0.05, 0) is 112 Å². The average molecular weight is 727 g/mol.